The Balaban J connectivity index is 1.39. The van der Waals surface area contributed by atoms with Crippen LogP contribution in [0.5, 0.6) is 5.75 Å². The lowest BCUT2D eigenvalue weighted by Gasteiger charge is -2.12. The first-order valence-electron chi connectivity index (χ1n) is 10.4. The van der Waals surface area contributed by atoms with Crippen LogP contribution in [0.2, 0.25) is 0 Å². The van der Waals surface area contributed by atoms with Crippen molar-refractivity contribution < 1.29 is 9.13 Å². The zero-order chi connectivity index (χ0) is 23.7. The van der Waals surface area contributed by atoms with Gasteiger partial charge in [-0.25, -0.2) is 9.37 Å². The number of aromatic nitrogens is 2. The summed E-state index contributed by atoms with van der Waals surface area (Å²) in [7, 11) is 0. The molecule has 166 valence electrons. The van der Waals surface area contributed by atoms with E-state index in [0.717, 1.165) is 24.0 Å². The van der Waals surface area contributed by atoms with Crippen LogP contribution in [0.3, 0.4) is 0 Å². The number of halogens is 3. The first-order chi connectivity index (χ1) is 16.5. The fourth-order valence-electron chi connectivity index (χ4n) is 3.71. The molecule has 0 spiro atoms. The number of imidazole rings is 1. The molecule has 5 rings (SSSR count). The van der Waals surface area contributed by atoms with Crippen LogP contribution in [0.15, 0.2) is 72.8 Å². The lowest BCUT2D eigenvalue weighted by molar-refractivity contribution is 0.302. The third kappa shape index (κ3) is 4.79. The molecule has 0 radical (unpaired) electrons. The third-order valence-electron chi connectivity index (χ3n) is 5.35. The molecule has 5 aromatic rings. The summed E-state index contributed by atoms with van der Waals surface area (Å²) in [6, 6.07) is 25.0. The van der Waals surface area contributed by atoms with Gasteiger partial charge >= 0.3 is 0 Å². The van der Waals surface area contributed by atoms with Crippen molar-refractivity contribution in [1.82, 2.24) is 9.97 Å². The second-order valence-electron chi connectivity index (χ2n) is 7.70. The Morgan fingerprint density at radius 3 is 2.53 bits per heavy atom. The van der Waals surface area contributed by atoms with E-state index >= 15 is 0 Å². The molecule has 4 aromatic carbocycles. The Labute approximate surface area is 222 Å². The van der Waals surface area contributed by atoms with E-state index < -0.39 is 0 Å². The molecule has 0 aliphatic carbocycles. The van der Waals surface area contributed by atoms with E-state index in [2.05, 4.69) is 91.6 Å². The van der Waals surface area contributed by atoms with Gasteiger partial charge in [-0.2, -0.15) is 5.26 Å². The van der Waals surface area contributed by atoms with Crippen LogP contribution in [-0.4, -0.2) is 9.97 Å². The molecule has 1 heterocycles. The van der Waals surface area contributed by atoms with Crippen molar-refractivity contribution in [1.29, 1.82) is 5.26 Å². The standard InChI is InChI=1S/C27H16FI2N3O/c28-21-7-8-24-25(13-21)33-27(32-24)20(14-31)10-17-11-22(29)26(23(30)12-17)34-15-16-5-6-18-3-1-2-4-19(18)9-16/h1-13H,15H2,(H,32,33)/b20-10-. The summed E-state index contributed by atoms with van der Waals surface area (Å²) >= 11 is 4.50. The molecule has 0 saturated heterocycles. The predicted molar refractivity (Wildman–Crippen MR) is 150 cm³/mol. The van der Waals surface area contributed by atoms with Gasteiger partial charge in [-0.15, -0.1) is 0 Å². The van der Waals surface area contributed by atoms with Crippen molar-refractivity contribution in [3.05, 3.63) is 103 Å². The normalized spacial score (nSPS) is 11.6. The van der Waals surface area contributed by atoms with E-state index in [1.54, 1.807) is 12.1 Å². The van der Waals surface area contributed by atoms with Gasteiger partial charge in [-0.1, -0.05) is 36.4 Å². The van der Waals surface area contributed by atoms with Gasteiger partial charge < -0.3 is 9.72 Å². The number of nitrogens with zero attached hydrogens (tertiary/aromatic N) is 2. The van der Waals surface area contributed by atoms with Crippen molar-refractivity contribution in [2.45, 2.75) is 6.61 Å². The highest BCUT2D eigenvalue weighted by atomic mass is 127. The summed E-state index contributed by atoms with van der Waals surface area (Å²) in [6.45, 7) is 0.463. The van der Waals surface area contributed by atoms with Gasteiger partial charge in [0.15, 0.2) is 0 Å². The van der Waals surface area contributed by atoms with E-state index in [0.29, 0.717) is 29.0 Å². The van der Waals surface area contributed by atoms with Crippen molar-refractivity contribution in [2.24, 2.45) is 0 Å². The predicted octanol–water partition coefficient (Wildman–Crippen LogP) is 7.71. The van der Waals surface area contributed by atoms with Gasteiger partial charge in [0, 0.05) is 0 Å². The Morgan fingerprint density at radius 1 is 1.00 bits per heavy atom. The monoisotopic (exact) mass is 671 g/mol. The second kappa shape index (κ2) is 9.72. The molecule has 0 bridgehead atoms. The van der Waals surface area contributed by atoms with Crippen LogP contribution in [0.1, 0.15) is 17.0 Å². The minimum atomic E-state index is -0.353. The fourth-order valence-corrected chi connectivity index (χ4v) is 5.84. The quantitative estimate of drug-likeness (QED) is 0.154. The number of hydrogen-bond acceptors (Lipinski definition) is 3. The topological polar surface area (TPSA) is 61.7 Å². The fraction of sp³-hybridized carbons (Fsp3) is 0.0370. The van der Waals surface area contributed by atoms with Crippen LogP contribution < -0.4 is 4.74 Å². The maximum absolute atomic E-state index is 13.5. The number of hydrogen-bond donors (Lipinski definition) is 1. The average Bonchev–Trinajstić information content (AvgIpc) is 3.25. The minimum absolute atomic E-state index is 0.353. The van der Waals surface area contributed by atoms with Crippen LogP contribution in [0.4, 0.5) is 4.39 Å². The first kappa shape index (κ1) is 22.8. The lowest BCUT2D eigenvalue weighted by Crippen LogP contribution is -1.99. The summed E-state index contributed by atoms with van der Waals surface area (Å²) in [6.07, 6.45) is 1.77. The van der Waals surface area contributed by atoms with Gasteiger partial charge in [0.2, 0.25) is 0 Å². The molecule has 0 saturated carbocycles. The molecule has 1 aromatic heterocycles. The van der Waals surface area contributed by atoms with E-state index in [1.807, 2.05) is 24.3 Å². The third-order valence-corrected chi connectivity index (χ3v) is 6.95. The largest absolute Gasteiger partial charge is 0.487 e. The average molecular weight is 671 g/mol. The van der Waals surface area contributed by atoms with Gasteiger partial charge in [0.25, 0.3) is 0 Å². The molecule has 0 aliphatic rings. The summed E-state index contributed by atoms with van der Waals surface area (Å²) in [4.78, 5) is 7.46. The van der Waals surface area contributed by atoms with Crippen molar-refractivity contribution in [2.75, 3.05) is 0 Å². The van der Waals surface area contributed by atoms with Gasteiger partial charge in [-0.05, 0) is 110 Å². The van der Waals surface area contributed by atoms with Crippen molar-refractivity contribution in [3.63, 3.8) is 0 Å². The summed E-state index contributed by atoms with van der Waals surface area (Å²) in [5.41, 5.74) is 3.49. The highest BCUT2D eigenvalue weighted by Crippen LogP contribution is 2.31. The molecule has 0 unspecified atom stereocenters. The van der Waals surface area contributed by atoms with Gasteiger partial charge in [-0.3, -0.25) is 0 Å². The van der Waals surface area contributed by atoms with Crippen LogP contribution in [0.25, 0.3) is 33.5 Å². The van der Waals surface area contributed by atoms with Crippen LogP contribution >= 0.6 is 45.2 Å². The highest BCUT2D eigenvalue weighted by Gasteiger charge is 2.12. The molecule has 0 fully saturated rings. The smallest absolute Gasteiger partial charge is 0.149 e. The number of nitrogens with one attached hydrogen (secondary N) is 1. The molecule has 0 atom stereocenters. The number of fused-ring (bicyclic) bond motifs is 2. The molecule has 34 heavy (non-hydrogen) atoms. The molecular weight excluding hydrogens is 655 g/mol. The maximum atomic E-state index is 13.5. The van der Waals surface area contributed by atoms with Gasteiger partial charge in [0.05, 0.1) is 23.7 Å². The zero-order valence-electron chi connectivity index (χ0n) is 17.6. The molecular formula is C27H16FI2N3O. The van der Waals surface area contributed by atoms with E-state index in [9.17, 15) is 9.65 Å². The second-order valence-corrected chi connectivity index (χ2v) is 10.0. The van der Waals surface area contributed by atoms with Crippen molar-refractivity contribution in [3.8, 4) is 11.8 Å². The number of benzene rings is 4. The van der Waals surface area contributed by atoms with Crippen molar-refractivity contribution >= 4 is 78.6 Å². The minimum Gasteiger partial charge on any atom is -0.487 e. The first-order valence-corrected chi connectivity index (χ1v) is 12.5. The lowest BCUT2D eigenvalue weighted by atomic mass is 10.1. The molecule has 4 nitrogen and oxygen atoms in total. The number of H-pyrrole nitrogens is 1. The Kier molecular flexibility index (Phi) is 6.52. The number of nitriles is 1. The highest BCUT2D eigenvalue weighted by molar-refractivity contribution is 14.1. The molecule has 0 aliphatic heterocycles. The summed E-state index contributed by atoms with van der Waals surface area (Å²) in [5, 5.41) is 12.1. The summed E-state index contributed by atoms with van der Waals surface area (Å²) < 4.78 is 21.6. The number of aromatic amines is 1. The van der Waals surface area contributed by atoms with Crippen LogP contribution in [-0.2, 0) is 6.61 Å². The molecule has 7 heteroatoms. The van der Waals surface area contributed by atoms with E-state index in [-0.39, 0.29) is 5.82 Å². The SMILES string of the molecule is N#C/C(=C/c1cc(I)c(OCc2ccc3ccccc3c2)c(I)c1)c1nc2ccc(F)cc2[nH]1. The van der Waals surface area contributed by atoms with Gasteiger partial charge in [0.1, 0.15) is 30.1 Å². The summed E-state index contributed by atoms with van der Waals surface area (Å²) in [5.74, 6) is 0.863. The number of ether oxygens (including phenoxy) is 1. The Hall–Kier alpha value is -2.97. The Bertz CT molecular complexity index is 1590. The maximum Gasteiger partial charge on any atom is 0.149 e. The number of allylic oxidation sites excluding steroid dienone is 1. The number of rotatable bonds is 5. The zero-order valence-corrected chi connectivity index (χ0v) is 22.0. The molecule has 1 N–H and O–H groups in total. The van der Waals surface area contributed by atoms with E-state index in [4.69, 9.17) is 4.74 Å². The molecule has 0 amide bonds. The Morgan fingerprint density at radius 2 is 1.76 bits per heavy atom. The van der Waals surface area contributed by atoms with Crippen LogP contribution in [0, 0.1) is 24.3 Å². The van der Waals surface area contributed by atoms with E-state index in [1.165, 1.54) is 22.9 Å².